The van der Waals surface area contributed by atoms with Gasteiger partial charge in [-0.15, -0.1) is 0 Å². The van der Waals surface area contributed by atoms with Gasteiger partial charge in [-0.1, -0.05) is 6.42 Å². The fourth-order valence-corrected chi connectivity index (χ4v) is 2.59. The molecular weight excluding hydrogens is 242 g/mol. The Hall–Kier alpha value is -1.55. The van der Waals surface area contributed by atoms with Gasteiger partial charge in [-0.05, 0) is 36.9 Å². The zero-order valence-corrected chi connectivity index (χ0v) is 11.6. The van der Waals surface area contributed by atoms with Crippen LogP contribution in [-0.4, -0.2) is 26.5 Å². The van der Waals surface area contributed by atoms with Crippen molar-refractivity contribution < 1.29 is 14.3 Å². The number of benzene rings is 1. The number of methoxy groups -OCH3 is 2. The van der Waals surface area contributed by atoms with Crippen LogP contribution in [0.3, 0.4) is 0 Å². The Morgan fingerprint density at radius 3 is 2.53 bits per heavy atom. The molecule has 0 radical (unpaired) electrons. The van der Waals surface area contributed by atoms with Crippen LogP contribution in [0.25, 0.3) is 0 Å². The van der Waals surface area contributed by atoms with Crippen molar-refractivity contribution in [2.24, 2.45) is 11.1 Å². The molecule has 1 aromatic carbocycles. The highest BCUT2D eigenvalue weighted by molar-refractivity contribution is 5.99. The van der Waals surface area contributed by atoms with Crippen molar-refractivity contribution in [2.75, 3.05) is 20.8 Å². The van der Waals surface area contributed by atoms with Crippen LogP contribution < -0.4 is 15.2 Å². The molecule has 1 aliphatic carbocycles. The summed E-state index contributed by atoms with van der Waals surface area (Å²) in [6.45, 7) is 0.581. The van der Waals surface area contributed by atoms with Gasteiger partial charge in [-0.25, -0.2) is 0 Å². The van der Waals surface area contributed by atoms with Gasteiger partial charge >= 0.3 is 0 Å². The SMILES string of the molecule is COc1ccc(C(=O)CC2(CN)CCC2)c(OC)c1. The lowest BCUT2D eigenvalue weighted by atomic mass is 9.65. The zero-order chi connectivity index (χ0) is 13.9. The molecule has 0 unspecified atom stereocenters. The highest BCUT2D eigenvalue weighted by atomic mass is 16.5. The number of rotatable bonds is 6. The van der Waals surface area contributed by atoms with Crippen molar-refractivity contribution in [3.8, 4) is 11.5 Å². The van der Waals surface area contributed by atoms with Crippen LogP contribution in [-0.2, 0) is 0 Å². The molecule has 104 valence electrons. The Labute approximate surface area is 113 Å². The average Bonchev–Trinajstić information content (AvgIpc) is 2.41. The highest BCUT2D eigenvalue weighted by Gasteiger charge is 2.38. The van der Waals surface area contributed by atoms with Gasteiger partial charge in [-0.3, -0.25) is 4.79 Å². The fourth-order valence-electron chi connectivity index (χ4n) is 2.59. The molecule has 0 heterocycles. The van der Waals surface area contributed by atoms with Crippen molar-refractivity contribution in [3.63, 3.8) is 0 Å². The minimum absolute atomic E-state index is 0.0159. The highest BCUT2D eigenvalue weighted by Crippen LogP contribution is 2.44. The standard InChI is InChI=1S/C15H21NO3/c1-18-11-4-5-12(14(8-11)19-2)13(17)9-15(10-16)6-3-7-15/h4-5,8H,3,6-7,9-10,16H2,1-2H3. The second kappa shape index (κ2) is 5.61. The largest absolute Gasteiger partial charge is 0.497 e. The number of ketones is 1. The van der Waals surface area contributed by atoms with Crippen LogP contribution in [0.1, 0.15) is 36.0 Å². The maximum absolute atomic E-state index is 12.4. The molecule has 0 aromatic heterocycles. The third-order valence-corrected chi connectivity index (χ3v) is 4.09. The normalized spacial score (nSPS) is 16.6. The smallest absolute Gasteiger partial charge is 0.167 e. The third-order valence-electron chi connectivity index (χ3n) is 4.09. The molecule has 0 spiro atoms. The van der Waals surface area contributed by atoms with E-state index in [-0.39, 0.29) is 11.2 Å². The fraction of sp³-hybridized carbons (Fsp3) is 0.533. The number of hydrogen-bond donors (Lipinski definition) is 1. The molecule has 0 atom stereocenters. The van der Waals surface area contributed by atoms with Gasteiger partial charge in [-0.2, -0.15) is 0 Å². The van der Waals surface area contributed by atoms with E-state index in [0.717, 1.165) is 12.8 Å². The molecule has 1 saturated carbocycles. The topological polar surface area (TPSA) is 61.5 Å². The van der Waals surface area contributed by atoms with Crippen molar-refractivity contribution in [3.05, 3.63) is 23.8 Å². The number of carbonyl (C=O) groups excluding carboxylic acids is 1. The number of ether oxygens (including phenoxy) is 2. The Morgan fingerprint density at radius 2 is 2.05 bits per heavy atom. The van der Waals surface area contributed by atoms with Crippen LogP contribution in [0.4, 0.5) is 0 Å². The van der Waals surface area contributed by atoms with Crippen LogP contribution in [0.2, 0.25) is 0 Å². The lowest BCUT2D eigenvalue weighted by molar-refractivity contribution is 0.0783. The van der Waals surface area contributed by atoms with Gasteiger partial charge in [0, 0.05) is 12.5 Å². The Balaban J connectivity index is 2.18. The van der Waals surface area contributed by atoms with E-state index in [4.69, 9.17) is 15.2 Å². The predicted molar refractivity (Wildman–Crippen MR) is 73.8 cm³/mol. The van der Waals surface area contributed by atoms with Crippen molar-refractivity contribution in [1.29, 1.82) is 0 Å². The molecule has 2 rings (SSSR count). The molecule has 1 aliphatic rings. The van der Waals surface area contributed by atoms with Gasteiger partial charge in [0.1, 0.15) is 11.5 Å². The van der Waals surface area contributed by atoms with Crippen LogP contribution in [0.15, 0.2) is 18.2 Å². The summed E-state index contributed by atoms with van der Waals surface area (Å²) in [7, 11) is 3.15. The lowest BCUT2D eigenvalue weighted by Gasteiger charge is -2.40. The lowest BCUT2D eigenvalue weighted by Crippen LogP contribution is -2.39. The number of carbonyl (C=O) groups is 1. The molecule has 2 N–H and O–H groups in total. The first-order valence-electron chi connectivity index (χ1n) is 6.59. The van der Waals surface area contributed by atoms with Gasteiger partial charge in [0.15, 0.2) is 5.78 Å². The summed E-state index contributed by atoms with van der Waals surface area (Å²) in [5, 5.41) is 0. The molecule has 4 nitrogen and oxygen atoms in total. The van der Waals surface area contributed by atoms with E-state index in [0.29, 0.717) is 30.0 Å². The van der Waals surface area contributed by atoms with Crippen LogP contribution >= 0.6 is 0 Å². The minimum Gasteiger partial charge on any atom is -0.497 e. The molecular formula is C15H21NO3. The van der Waals surface area contributed by atoms with E-state index in [9.17, 15) is 4.79 Å². The summed E-state index contributed by atoms with van der Waals surface area (Å²) in [4.78, 5) is 12.4. The van der Waals surface area contributed by atoms with Gasteiger partial charge in [0.25, 0.3) is 0 Å². The Bertz CT molecular complexity index is 461. The summed E-state index contributed by atoms with van der Waals surface area (Å²) in [5.74, 6) is 1.35. The van der Waals surface area contributed by atoms with E-state index in [1.807, 2.05) is 0 Å². The zero-order valence-electron chi connectivity index (χ0n) is 11.6. The predicted octanol–water partition coefficient (Wildman–Crippen LogP) is 2.41. The minimum atomic E-state index is 0.0159. The molecule has 1 fully saturated rings. The molecule has 0 bridgehead atoms. The molecule has 0 amide bonds. The first kappa shape index (κ1) is 13.9. The second-order valence-corrected chi connectivity index (χ2v) is 5.22. The van der Waals surface area contributed by atoms with E-state index in [1.54, 1.807) is 32.4 Å². The quantitative estimate of drug-likeness (QED) is 0.801. The van der Waals surface area contributed by atoms with Crippen molar-refractivity contribution in [1.82, 2.24) is 0 Å². The number of nitrogens with two attached hydrogens (primary N) is 1. The van der Waals surface area contributed by atoms with Crippen molar-refractivity contribution >= 4 is 5.78 Å². The summed E-state index contributed by atoms with van der Waals surface area (Å²) < 4.78 is 10.4. The van der Waals surface area contributed by atoms with Gasteiger partial charge in [0.2, 0.25) is 0 Å². The summed E-state index contributed by atoms with van der Waals surface area (Å²) >= 11 is 0. The van der Waals surface area contributed by atoms with Gasteiger partial charge < -0.3 is 15.2 Å². The molecule has 1 aromatic rings. The molecule has 4 heteroatoms. The van der Waals surface area contributed by atoms with E-state index in [2.05, 4.69) is 0 Å². The van der Waals surface area contributed by atoms with Crippen molar-refractivity contribution in [2.45, 2.75) is 25.7 Å². The molecule has 0 saturated heterocycles. The van der Waals surface area contributed by atoms with E-state index < -0.39 is 0 Å². The number of Topliss-reactive ketones (excluding diaryl/α,β-unsaturated/α-hetero) is 1. The van der Waals surface area contributed by atoms with E-state index in [1.165, 1.54) is 6.42 Å². The second-order valence-electron chi connectivity index (χ2n) is 5.22. The first-order valence-corrected chi connectivity index (χ1v) is 6.59. The third kappa shape index (κ3) is 2.73. The monoisotopic (exact) mass is 263 g/mol. The Kier molecular flexibility index (Phi) is 4.10. The first-order chi connectivity index (χ1) is 9.14. The van der Waals surface area contributed by atoms with E-state index >= 15 is 0 Å². The van der Waals surface area contributed by atoms with Crippen LogP contribution in [0, 0.1) is 5.41 Å². The maximum atomic E-state index is 12.4. The summed E-state index contributed by atoms with van der Waals surface area (Å²) in [6.07, 6.45) is 3.78. The molecule has 19 heavy (non-hydrogen) atoms. The summed E-state index contributed by atoms with van der Waals surface area (Å²) in [6, 6.07) is 5.29. The Morgan fingerprint density at radius 1 is 1.32 bits per heavy atom. The van der Waals surface area contributed by atoms with Gasteiger partial charge in [0.05, 0.1) is 19.8 Å². The average molecular weight is 263 g/mol. The maximum Gasteiger partial charge on any atom is 0.167 e. The summed E-state index contributed by atoms with van der Waals surface area (Å²) in [5.41, 5.74) is 6.44. The van der Waals surface area contributed by atoms with Crippen LogP contribution in [0.5, 0.6) is 11.5 Å². The molecule has 0 aliphatic heterocycles. The number of hydrogen-bond acceptors (Lipinski definition) is 4.